The summed E-state index contributed by atoms with van der Waals surface area (Å²) in [4.78, 5) is 13.8. The van der Waals surface area contributed by atoms with Crippen LogP contribution < -0.4 is 10.6 Å². The van der Waals surface area contributed by atoms with Gasteiger partial charge in [0.05, 0.1) is 12.7 Å². The monoisotopic (exact) mass is 416 g/mol. The minimum Gasteiger partial charge on any atom is -0.465 e. The molecule has 0 radical (unpaired) electrons. The van der Waals surface area contributed by atoms with Crippen molar-refractivity contribution in [2.75, 3.05) is 17.7 Å². The molecule has 0 atom stereocenters. The molecule has 0 bridgehead atoms. The first-order chi connectivity index (χ1) is 13.5. The summed E-state index contributed by atoms with van der Waals surface area (Å²) >= 11 is 7.21. The van der Waals surface area contributed by atoms with E-state index in [1.165, 1.54) is 30.4 Å². The lowest BCUT2D eigenvalue weighted by molar-refractivity contribution is 0.0601. The fourth-order valence-electron chi connectivity index (χ4n) is 3.70. The van der Waals surface area contributed by atoms with Gasteiger partial charge in [-0.1, -0.05) is 44.9 Å². The van der Waals surface area contributed by atoms with Crippen LogP contribution in [0.15, 0.2) is 24.3 Å². The van der Waals surface area contributed by atoms with Crippen LogP contribution in [0, 0.1) is 0 Å². The molecule has 3 rings (SSSR count). The van der Waals surface area contributed by atoms with E-state index in [4.69, 9.17) is 17.0 Å². The van der Waals surface area contributed by atoms with Crippen molar-refractivity contribution in [1.82, 2.24) is 0 Å². The highest BCUT2D eigenvalue weighted by Gasteiger charge is 2.25. The van der Waals surface area contributed by atoms with Crippen molar-refractivity contribution in [1.29, 1.82) is 0 Å². The van der Waals surface area contributed by atoms with Gasteiger partial charge in [0.1, 0.15) is 5.00 Å². The maximum absolute atomic E-state index is 12.5. The third-order valence-corrected chi connectivity index (χ3v) is 6.53. The van der Waals surface area contributed by atoms with E-state index < -0.39 is 0 Å². The van der Waals surface area contributed by atoms with Crippen LogP contribution >= 0.6 is 23.6 Å². The van der Waals surface area contributed by atoms with Gasteiger partial charge < -0.3 is 15.4 Å². The molecule has 0 spiro atoms. The number of rotatable bonds is 4. The fourth-order valence-corrected chi connectivity index (χ4v) is 5.25. The highest BCUT2D eigenvalue weighted by molar-refractivity contribution is 7.80. The number of anilines is 2. The maximum atomic E-state index is 12.5. The molecule has 0 unspecified atom stereocenters. The van der Waals surface area contributed by atoms with E-state index in [0.29, 0.717) is 16.6 Å². The van der Waals surface area contributed by atoms with Gasteiger partial charge in [0.25, 0.3) is 0 Å². The molecule has 150 valence electrons. The highest BCUT2D eigenvalue weighted by Crippen LogP contribution is 2.37. The maximum Gasteiger partial charge on any atom is 0.341 e. The van der Waals surface area contributed by atoms with Gasteiger partial charge in [0, 0.05) is 10.6 Å². The van der Waals surface area contributed by atoms with Gasteiger partial charge in [0.2, 0.25) is 0 Å². The summed E-state index contributed by atoms with van der Waals surface area (Å²) in [6, 6.07) is 8.16. The lowest BCUT2D eigenvalue weighted by Gasteiger charge is -2.16. The Morgan fingerprint density at radius 3 is 2.54 bits per heavy atom. The summed E-state index contributed by atoms with van der Waals surface area (Å²) in [6.45, 7) is 4.32. The predicted octanol–water partition coefficient (Wildman–Crippen LogP) is 6.13. The van der Waals surface area contributed by atoms with Crippen LogP contribution in [0.4, 0.5) is 10.7 Å². The smallest absolute Gasteiger partial charge is 0.341 e. The van der Waals surface area contributed by atoms with Crippen molar-refractivity contribution < 1.29 is 9.53 Å². The standard InChI is InChI=1S/C22H28N2O2S2/c1-14(2)15-10-8-9-12-17(15)23-22(27)24-20-19(21(25)26-3)16-11-6-4-5-7-13-18(16)28-20/h8-10,12,14H,4-7,11,13H2,1-3H3,(H2,23,24,27). The number of thiocarbonyl (C=S) groups is 1. The largest absolute Gasteiger partial charge is 0.465 e. The number of benzene rings is 1. The van der Waals surface area contributed by atoms with Crippen molar-refractivity contribution in [3.05, 3.63) is 45.8 Å². The number of methoxy groups -OCH3 is 1. The van der Waals surface area contributed by atoms with Crippen LogP contribution in [0.2, 0.25) is 0 Å². The van der Waals surface area contributed by atoms with E-state index in [2.05, 4.69) is 30.5 Å². The Morgan fingerprint density at radius 1 is 1.11 bits per heavy atom. The first-order valence-electron chi connectivity index (χ1n) is 9.91. The number of hydrogen-bond donors (Lipinski definition) is 2. The summed E-state index contributed by atoms with van der Waals surface area (Å²) in [5.74, 6) is 0.102. The second-order valence-electron chi connectivity index (χ2n) is 7.43. The average molecular weight is 417 g/mol. The Kier molecular flexibility index (Phi) is 7.08. The number of hydrogen-bond acceptors (Lipinski definition) is 4. The van der Waals surface area contributed by atoms with Crippen LogP contribution in [0.5, 0.6) is 0 Å². The topological polar surface area (TPSA) is 50.4 Å². The lowest BCUT2D eigenvalue weighted by Crippen LogP contribution is -2.21. The van der Waals surface area contributed by atoms with E-state index in [-0.39, 0.29) is 5.97 Å². The van der Waals surface area contributed by atoms with Crippen molar-refractivity contribution in [2.45, 2.75) is 58.3 Å². The minimum atomic E-state index is -0.286. The average Bonchev–Trinajstić information content (AvgIpc) is 2.97. The quantitative estimate of drug-likeness (QED) is 0.464. The first kappa shape index (κ1) is 20.8. The third kappa shape index (κ3) is 4.73. The molecular formula is C22H28N2O2S2. The molecule has 0 fully saturated rings. The number of para-hydroxylation sites is 1. The molecule has 1 heterocycles. The number of ether oxygens (including phenoxy) is 1. The number of carbonyl (C=O) groups is 1. The summed E-state index contributed by atoms with van der Waals surface area (Å²) < 4.78 is 5.09. The zero-order chi connectivity index (χ0) is 20.1. The number of thiophene rings is 1. The molecule has 28 heavy (non-hydrogen) atoms. The van der Waals surface area contributed by atoms with E-state index in [0.717, 1.165) is 41.9 Å². The molecule has 1 aromatic carbocycles. The molecule has 1 aliphatic rings. The highest BCUT2D eigenvalue weighted by atomic mass is 32.1. The number of nitrogens with one attached hydrogen (secondary N) is 2. The van der Waals surface area contributed by atoms with Gasteiger partial charge in [-0.05, 0) is 61.0 Å². The van der Waals surface area contributed by atoms with Gasteiger partial charge in [-0.25, -0.2) is 4.79 Å². The molecule has 0 saturated carbocycles. The molecular weight excluding hydrogens is 388 g/mol. The molecule has 6 heteroatoms. The molecule has 2 N–H and O–H groups in total. The summed E-state index contributed by atoms with van der Waals surface area (Å²) in [6.07, 6.45) is 6.68. The Balaban J connectivity index is 1.86. The Labute approximate surface area is 176 Å². The van der Waals surface area contributed by atoms with Crippen molar-refractivity contribution in [3.63, 3.8) is 0 Å². The van der Waals surface area contributed by atoms with Gasteiger partial charge >= 0.3 is 5.97 Å². The van der Waals surface area contributed by atoms with Gasteiger partial charge in [-0.3, -0.25) is 0 Å². The van der Waals surface area contributed by atoms with E-state index in [1.807, 2.05) is 18.2 Å². The molecule has 0 aliphatic heterocycles. The van der Waals surface area contributed by atoms with Crippen molar-refractivity contribution >= 4 is 45.3 Å². The van der Waals surface area contributed by atoms with Crippen molar-refractivity contribution in [3.8, 4) is 0 Å². The van der Waals surface area contributed by atoms with Gasteiger partial charge in [0.15, 0.2) is 5.11 Å². The second-order valence-corrected chi connectivity index (χ2v) is 8.95. The summed E-state index contributed by atoms with van der Waals surface area (Å²) in [7, 11) is 1.44. The van der Waals surface area contributed by atoms with Crippen LogP contribution in [0.3, 0.4) is 0 Å². The zero-order valence-electron chi connectivity index (χ0n) is 16.8. The Morgan fingerprint density at radius 2 is 1.82 bits per heavy atom. The zero-order valence-corrected chi connectivity index (χ0v) is 18.4. The molecule has 1 aromatic heterocycles. The third-order valence-electron chi connectivity index (χ3n) is 5.12. The molecule has 1 aliphatic carbocycles. The Hall–Kier alpha value is -1.92. The fraction of sp³-hybridized carbons (Fsp3) is 0.455. The number of aryl methyl sites for hydroxylation is 1. The van der Waals surface area contributed by atoms with Crippen LogP contribution in [0.25, 0.3) is 0 Å². The van der Waals surface area contributed by atoms with Crippen LogP contribution in [-0.4, -0.2) is 18.2 Å². The number of carbonyl (C=O) groups excluding carboxylic acids is 1. The Bertz CT molecular complexity index is 858. The van der Waals surface area contributed by atoms with Gasteiger partial charge in [-0.2, -0.15) is 0 Å². The number of esters is 1. The summed E-state index contributed by atoms with van der Waals surface area (Å²) in [5.41, 5.74) is 4.00. The second kappa shape index (κ2) is 9.52. The van der Waals surface area contributed by atoms with Crippen molar-refractivity contribution in [2.24, 2.45) is 0 Å². The SMILES string of the molecule is COC(=O)c1c(NC(=S)Nc2ccccc2C(C)C)sc2c1CCCCCC2. The van der Waals surface area contributed by atoms with E-state index >= 15 is 0 Å². The first-order valence-corrected chi connectivity index (χ1v) is 11.1. The van der Waals surface area contributed by atoms with E-state index in [9.17, 15) is 4.79 Å². The van der Waals surface area contributed by atoms with E-state index in [1.54, 1.807) is 11.3 Å². The normalized spacial score (nSPS) is 14.0. The lowest BCUT2D eigenvalue weighted by atomic mass is 9.96. The van der Waals surface area contributed by atoms with Crippen LogP contribution in [0.1, 0.15) is 71.8 Å². The molecule has 2 aromatic rings. The summed E-state index contributed by atoms with van der Waals surface area (Å²) in [5, 5.41) is 7.86. The molecule has 0 saturated heterocycles. The molecule has 0 amide bonds. The van der Waals surface area contributed by atoms with Gasteiger partial charge in [-0.15, -0.1) is 11.3 Å². The number of fused-ring (bicyclic) bond motifs is 1. The molecule has 4 nitrogen and oxygen atoms in total. The predicted molar refractivity (Wildman–Crippen MR) is 122 cm³/mol. The minimum absolute atomic E-state index is 0.286. The van der Waals surface area contributed by atoms with Crippen LogP contribution in [-0.2, 0) is 17.6 Å².